The zero-order valence-corrected chi connectivity index (χ0v) is 15.4. The molecule has 4 heteroatoms. The average Bonchev–Trinajstić information content (AvgIpc) is 2.55. The summed E-state index contributed by atoms with van der Waals surface area (Å²) >= 11 is 0. The minimum atomic E-state index is -0.00708. The van der Waals surface area contributed by atoms with Gasteiger partial charge in [-0.15, -0.1) is 0 Å². The molecule has 2 atom stereocenters. The van der Waals surface area contributed by atoms with Gasteiger partial charge in [0.1, 0.15) is 11.9 Å². The lowest BCUT2D eigenvalue weighted by molar-refractivity contribution is 0.0616. The van der Waals surface area contributed by atoms with E-state index >= 15 is 0 Å². The highest BCUT2D eigenvalue weighted by Gasteiger charge is 2.22. The lowest BCUT2D eigenvalue weighted by Gasteiger charge is -2.27. The number of hydrogen-bond acceptors (Lipinski definition) is 4. The summed E-state index contributed by atoms with van der Waals surface area (Å²) in [4.78, 5) is 0. The van der Waals surface area contributed by atoms with Crippen molar-refractivity contribution in [1.29, 1.82) is 0 Å². The Morgan fingerprint density at radius 1 is 1.17 bits per heavy atom. The molecule has 0 aromatic heterocycles. The summed E-state index contributed by atoms with van der Waals surface area (Å²) in [5, 5.41) is 0. The number of nitrogens with two attached hydrogens (primary N) is 1. The van der Waals surface area contributed by atoms with Gasteiger partial charge in [0.05, 0.1) is 19.3 Å². The van der Waals surface area contributed by atoms with E-state index in [2.05, 4.69) is 39.0 Å². The fourth-order valence-corrected chi connectivity index (χ4v) is 2.73. The third-order valence-corrected chi connectivity index (χ3v) is 4.32. The largest absolute Gasteiger partial charge is 0.494 e. The molecular weight excluding hydrogens is 302 g/mol. The van der Waals surface area contributed by atoms with Crippen LogP contribution in [0.15, 0.2) is 47.4 Å². The van der Waals surface area contributed by atoms with Gasteiger partial charge in [0.25, 0.3) is 0 Å². The number of methoxy groups -OCH3 is 1. The lowest BCUT2D eigenvalue weighted by atomic mass is 9.82. The Hall–Kier alpha value is -1.52. The van der Waals surface area contributed by atoms with Gasteiger partial charge < -0.3 is 19.9 Å². The second kappa shape index (κ2) is 8.54. The zero-order chi connectivity index (χ0) is 17.6. The van der Waals surface area contributed by atoms with Crippen LogP contribution < -0.4 is 5.73 Å². The van der Waals surface area contributed by atoms with Crippen LogP contribution >= 0.6 is 0 Å². The molecule has 2 aliphatic rings. The highest BCUT2D eigenvalue weighted by molar-refractivity contribution is 5.33. The van der Waals surface area contributed by atoms with Crippen LogP contribution in [0.2, 0.25) is 0 Å². The SMILES string of the molecule is COC1C=CC(OCCCOC2CC=C(C(C)(C)C)C=C2N)=CC1. The van der Waals surface area contributed by atoms with Crippen molar-refractivity contribution in [2.24, 2.45) is 11.1 Å². The molecule has 0 bridgehead atoms. The van der Waals surface area contributed by atoms with E-state index in [1.165, 1.54) is 5.57 Å². The molecule has 2 N–H and O–H groups in total. The van der Waals surface area contributed by atoms with Crippen molar-refractivity contribution >= 4 is 0 Å². The van der Waals surface area contributed by atoms with E-state index in [-0.39, 0.29) is 17.6 Å². The number of hydrogen-bond donors (Lipinski definition) is 1. The average molecular weight is 333 g/mol. The summed E-state index contributed by atoms with van der Waals surface area (Å²) in [6, 6.07) is 0. The van der Waals surface area contributed by atoms with Gasteiger partial charge in [0.2, 0.25) is 0 Å². The maximum absolute atomic E-state index is 6.16. The molecule has 0 heterocycles. The summed E-state index contributed by atoms with van der Waals surface area (Å²) in [7, 11) is 1.72. The Bertz CT molecular complexity index is 538. The van der Waals surface area contributed by atoms with Gasteiger partial charge in [-0.05, 0) is 42.1 Å². The van der Waals surface area contributed by atoms with Crippen LogP contribution in [0.3, 0.4) is 0 Å². The van der Waals surface area contributed by atoms with Crippen LogP contribution in [-0.2, 0) is 14.2 Å². The van der Waals surface area contributed by atoms with Crippen LogP contribution in [0.1, 0.15) is 40.0 Å². The highest BCUT2D eigenvalue weighted by atomic mass is 16.5. The van der Waals surface area contributed by atoms with Gasteiger partial charge in [0.15, 0.2) is 0 Å². The van der Waals surface area contributed by atoms with E-state index in [0.29, 0.717) is 13.2 Å². The molecule has 0 fully saturated rings. The molecule has 0 spiro atoms. The molecule has 2 aliphatic carbocycles. The highest BCUT2D eigenvalue weighted by Crippen LogP contribution is 2.31. The first-order valence-corrected chi connectivity index (χ1v) is 8.73. The standard InChI is InChI=1S/C20H31NO3/c1-20(2,3)15-6-11-19(18(21)14-15)24-13-5-12-23-17-9-7-16(22-4)8-10-17/h6-7,9-10,14,16,19H,5,8,11-13,21H2,1-4H3. The van der Waals surface area contributed by atoms with Gasteiger partial charge in [-0.25, -0.2) is 0 Å². The Balaban J connectivity index is 1.64. The Morgan fingerprint density at radius 2 is 1.96 bits per heavy atom. The van der Waals surface area contributed by atoms with Crippen molar-refractivity contribution in [3.8, 4) is 0 Å². The first-order valence-electron chi connectivity index (χ1n) is 8.73. The topological polar surface area (TPSA) is 53.7 Å². The first-order chi connectivity index (χ1) is 11.4. The zero-order valence-electron chi connectivity index (χ0n) is 15.4. The third kappa shape index (κ3) is 5.53. The van der Waals surface area contributed by atoms with E-state index in [9.17, 15) is 0 Å². The predicted octanol–water partition coefficient (Wildman–Crippen LogP) is 3.86. The molecule has 2 rings (SSSR count). The Kier molecular flexibility index (Phi) is 6.69. The molecule has 0 saturated carbocycles. The minimum absolute atomic E-state index is 0.00708. The van der Waals surface area contributed by atoms with E-state index in [1.807, 2.05) is 12.2 Å². The molecule has 0 saturated heterocycles. The van der Waals surface area contributed by atoms with Crippen molar-refractivity contribution in [2.45, 2.75) is 52.2 Å². The van der Waals surface area contributed by atoms with Crippen molar-refractivity contribution in [1.82, 2.24) is 0 Å². The quantitative estimate of drug-likeness (QED) is 0.719. The van der Waals surface area contributed by atoms with Gasteiger partial charge in [-0.2, -0.15) is 0 Å². The summed E-state index contributed by atoms with van der Waals surface area (Å²) in [5.41, 5.74) is 8.40. The first kappa shape index (κ1) is 18.8. The fraction of sp³-hybridized carbons (Fsp3) is 0.600. The van der Waals surface area contributed by atoms with Crippen LogP contribution in [0, 0.1) is 5.41 Å². The van der Waals surface area contributed by atoms with Crippen molar-refractivity contribution < 1.29 is 14.2 Å². The summed E-state index contributed by atoms with van der Waals surface area (Å²) in [6.07, 6.45) is 13.1. The number of rotatable bonds is 7. The lowest BCUT2D eigenvalue weighted by Crippen LogP contribution is -2.26. The monoisotopic (exact) mass is 333 g/mol. The summed E-state index contributed by atoms with van der Waals surface area (Å²) in [6.45, 7) is 7.89. The van der Waals surface area contributed by atoms with Crippen LogP contribution in [0.25, 0.3) is 0 Å². The normalized spacial score (nSPS) is 24.2. The number of allylic oxidation sites excluding steroid dienone is 3. The van der Waals surface area contributed by atoms with Gasteiger partial charge >= 0.3 is 0 Å². The molecule has 0 aliphatic heterocycles. The Labute approximate surface area is 146 Å². The van der Waals surface area contributed by atoms with Gasteiger partial charge in [-0.3, -0.25) is 0 Å². The van der Waals surface area contributed by atoms with Crippen LogP contribution in [0.4, 0.5) is 0 Å². The molecule has 134 valence electrons. The molecule has 0 aromatic rings. The van der Waals surface area contributed by atoms with Crippen molar-refractivity contribution in [2.75, 3.05) is 20.3 Å². The fourth-order valence-electron chi connectivity index (χ4n) is 2.73. The van der Waals surface area contributed by atoms with Crippen LogP contribution in [0.5, 0.6) is 0 Å². The third-order valence-electron chi connectivity index (χ3n) is 4.32. The van der Waals surface area contributed by atoms with E-state index < -0.39 is 0 Å². The van der Waals surface area contributed by atoms with E-state index in [4.69, 9.17) is 19.9 Å². The molecule has 2 unspecified atom stereocenters. The van der Waals surface area contributed by atoms with Gasteiger partial charge in [-0.1, -0.05) is 32.9 Å². The Morgan fingerprint density at radius 3 is 2.54 bits per heavy atom. The van der Waals surface area contributed by atoms with E-state index in [1.54, 1.807) is 7.11 Å². The van der Waals surface area contributed by atoms with Gasteiger partial charge in [0, 0.05) is 19.2 Å². The molecule has 0 aromatic carbocycles. The second-order valence-electron chi connectivity index (χ2n) is 7.33. The van der Waals surface area contributed by atoms with E-state index in [0.717, 1.165) is 30.7 Å². The molecule has 24 heavy (non-hydrogen) atoms. The molecule has 0 amide bonds. The van der Waals surface area contributed by atoms with Crippen molar-refractivity contribution in [3.63, 3.8) is 0 Å². The molecular formula is C20H31NO3. The maximum atomic E-state index is 6.16. The molecule has 0 radical (unpaired) electrons. The van der Waals surface area contributed by atoms with Crippen LogP contribution in [-0.4, -0.2) is 32.5 Å². The summed E-state index contributed by atoms with van der Waals surface area (Å²) in [5.74, 6) is 0.915. The minimum Gasteiger partial charge on any atom is -0.494 e. The predicted molar refractivity (Wildman–Crippen MR) is 97.4 cm³/mol. The smallest absolute Gasteiger partial charge is 0.115 e. The maximum Gasteiger partial charge on any atom is 0.115 e. The van der Waals surface area contributed by atoms with Crippen molar-refractivity contribution in [3.05, 3.63) is 47.4 Å². The summed E-state index contributed by atoms with van der Waals surface area (Å²) < 4.78 is 16.9. The number of ether oxygens (including phenoxy) is 3. The second-order valence-corrected chi connectivity index (χ2v) is 7.33. The molecule has 4 nitrogen and oxygen atoms in total.